The number of pyridine rings is 1. The maximum absolute atomic E-state index is 4.14. The molecule has 0 aliphatic rings. The molecule has 222 valence electrons. The first-order chi connectivity index (χ1) is 21.7. The van der Waals surface area contributed by atoms with E-state index < -0.39 is 0 Å². The Bertz CT molecular complexity index is 2060. The second kappa shape index (κ2) is 12.1. The van der Waals surface area contributed by atoms with E-state index in [0.29, 0.717) is 0 Å². The zero-order valence-corrected chi connectivity index (χ0v) is 26.6. The number of unbranched alkanes of at least 4 members (excludes halogenated alkanes) is 3. The van der Waals surface area contributed by atoms with Gasteiger partial charge in [-0.1, -0.05) is 125 Å². The minimum atomic E-state index is 0.126. The van der Waals surface area contributed by atoms with Crippen molar-refractivity contribution in [2.24, 2.45) is 0 Å². The van der Waals surface area contributed by atoms with Crippen molar-refractivity contribution in [2.45, 2.75) is 84.1 Å². The number of fused-ring (bicyclic) bond motifs is 12. The molecule has 0 saturated carbocycles. The van der Waals surface area contributed by atoms with Gasteiger partial charge >= 0.3 is 0 Å². The van der Waals surface area contributed by atoms with Gasteiger partial charge in [0, 0.05) is 22.2 Å². The number of aromatic nitrogens is 1. The SMILES string of the molecule is CCCCC(CCCC)(CCCC)Nc1ccc2ccc3ccc4ccc5c6ccccc6c6ccccc6c5c4c3c2[nH+]1. The lowest BCUT2D eigenvalue weighted by atomic mass is 9.82. The molecule has 0 atom stereocenters. The summed E-state index contributed by atoms with van der Waals surface area (Å²) in [7, 11) is 0. The van der Waals surface area contributed by atoms with Gasteiger partial charge in [-0.05, 0) is 87.7 Å². The van der Waals surface area contributed by atoms with E-state index in [1.165, 1.54) is 123 Å². The van der Waals surface area contributed by atoms with Crippen LogP contribution >= 0.6 is 0 Å². The molecule has 2 heteroatoms. The van der Waals surface area contributed by atoms with Crippen molar-refractivity contribution in [2.75, 3.05) is 5.32 Å². The van der Waals surface area contributed by atoms with Crippen molar-refractivity contribution in [3.8, 4) is 0 Å². The molecule has 1 heterocycles. The van der Waals surface area contributed by atoms with E-state index in [1.807, 2.05) is 0 Å². The number of hydrogen-bond donors (Lipinski definition) is 1. The van der Waals surface area contributed by atoms with Gasteiger partial charge in [0.05, 0.1) is 0 Å². The van der Waals surface area contributed by atoms with E-state index in [4.69, 9.17) is 0 Å². The van der Waals surface area contributed by atoms with Crippen molar-refractivity contribution >= 4 is 70.6 Å². The number of anilines is 1. The Hall–Kier alpha value is -4.17. The predicted octanol–water partition coefficient (Wildman–Crippen LogP) is 12.1. The minimum absolute atomic E-state index is 0.126. The molecule has 0 radical (unpaired) electrons. The number of aromatic amines is 1. The molecule has 7 rings (SSSR count). The first-order valence-corrected chi connectivity index (χ1v) is 17.0. The molecule has 6 aromatic carbocycles. The largest absolute Gasteiger partial charge is 0.273 e. The highest BCUT2D eigenvalue weighted by Gasteiger charge is 2.33. The Balaban J connectivity index is 1.53. The molecule has 7 aromatic rings. The van der Waals surface area contributed by atoms with Crippen molar-refractivity contribution in [3.63, 3.8) is 0 Å². The van der Waals surface area contributed by atoms with Crippen LogP contribution in [0.25, 0.3) is 64.8 Å². The fraction of sp³-hybridized carbons (Fsp3) is 0.310. The Morgan fingerprint density at radius 3 is 1.52 bits per heavy atom. The summed E-state index contributed by atoms with van der Waals surface area (Å²) < 4.78 is 0. The fourth-order valence-electron chi connectivity index (χ4n) is 7.73. The van der Waals surface area contributed by atoms with Crippen molar-refractivity contribution in [3.05, 3.63) is 97.1 Å². The van der Waals surface area contributed by atoms with Crippen LogP contribution in [0.4, 0.5) is 5.82 Å². The lowest BCUT2D eigenvalue weighted by molar-refractivity contribution is -0.327. The Kier molecular flexibility index (Phi) is 7.85. The average molecular weight is 578 g/mol. The maximum Gasteiger partial charge on any atom is 0.273 e. The zero-order chi connectivity index (χ0) is 30.1. The molecular formula is C42H45N2+. The molecule has 0 bridgehead atoms. The lowest BCUT2D eigenvalue weighted by Gasteiger charge is -2.31. The minimum Gasteiger partial charge on any atom is -0.269 e. The van der Waals surface area contributed by atoms with Crippen LogP contribution in [-0.4, -0.2) is 5.54 Å². The topological polar surface area (TPSA) is 26.2 Å². The third kappa shape index (κ3) is 4.95. The molecular weight excluding hydrogens is 532 g/mol. The van der Waals surface area contributed by atoms with Gasteiger partial charge in [0.25, 0.3) is 5.82 Å². The quantitative estimate of drug-likeness (QED) is 0.152. The summed E-state index contributed by atoms with van der Waals surface area (Å²) in [5.41, 5.74) is 1.35. The molecule has 0 spiro atoms. The molecule has 0 unspecified atom stereocenters. The van der Waals surface area contributed by atoms with Crippen molar-refractivity contribution < 1.29 is 4.98 Å². The van der Waals surface area contributed by atoms with E-state index in [-0.39, 0.29) is 5.54 Å². The summed E-state index contributed by atoms with van der Waals surface area (Å²) in [6, 6.07) is 36.3. The van der Waals surface area contributed by atoms with Gasteiger partial charge in [0.15, 0.2) is 0 Å². The summed E-state index contributed by atoms with van der Waals surface area (Å²) >= 11 is 0. The van der Waals surface area contributed by atoms with Gasteiger partial charge in [-0.15, -0.1) is 0 Å². The van der Waals surface area contributed by atoms with E-state index in [9.17, 15) is 0 Å². The summed E-state index contributed by atoms with van der Waals surface area (Å²) in [6.45, 7) is 6.96. The molecule has 0 aliphatic heterocycles. The molecule has 0 fully saturated rings. The number of nitrogens with one attached hydrogen (secondary N) is 2. The third-order valence-electron chi connectivity index (χ3n) is 10.0. The third-order valence-corrected chi connectivity index (χ3v) is 10.0. The highest BCUT2D eigenvalue weighted by atomic mass is 15.1. The number of H-pyrrole nitrogens is 1. The summed E-state index contributed by atoms with van der Waals surface area (Å²) in [5.74, 6) is 1.14. The number of hydrogen-bond acceptors (Lipinski definition) is 1. The Morgan fingerprint density at radius 2 is 0.932 bits per heavy atom. The average Bonchev–Trinajstić information content (AvgIpc) is 3.08. The number of benzene rings is 6. The molecule has 0 amide bonds. The van der Waals surface area contributed by atoms with E-state index in [0.717, 1.165) is 5.82 Å². The second-order valence-corrected chi connectivity index (χ2v) is 13.0. The number of rotatable bonds is 11. The van der Waals surface area contributed by atoms with Gasteiger partial charge in [0.2, 0.25) is 0 Å². The normalized spacial score (nSPS) is 12.3. The van der Waals surface area contributed by atoms with Crippen molar-refractivity contribution in [1.29, 1.82) is 0 Å². The highest BCUT2D eigenvalue weighted by Crippen LogP contribution is 2.42. The first kappa shape index (κ1) is 28.6. The van der Waals surface area contributed by atoms with Crippen LogP contribution in [-0.2, 0) is 0 Å². The summed E-state index contributed by atoms with van der Waals surface area (Å²) in [5, 5.41) is 18.6. The van der Waals surface area contributed by atoms with Gasteiger partial charge in [0.1, 0.15) is 11.1 Å². The monoisotopic (exact) mass is 577 g/mol. The van der Waals surface area contributed by atoms with Gasteiger partial charge in [-0.2, -0.15) is 0 Å². The van der Waals surface area contributed by atoms with Gasteiger partial charge in [-0.25, -0.2) is 4.98 Å². The Labute approximate surface area is 261 Å². The van der Waals surface area contributed by atoms with Crippen LogP contribution in [0.3, 0.4) is 0 Å². The Morgan fingerprint density at radius 1 is 0.477 bits per heavy atom. The molecule has 0 saturated heterocycles. The zero-order valence-electron chi connectivity index (χ0n) is 26.6. The highest BCUT2D eigenvalue weighted by molar-refractivity contribution is 6.36. The predicted molar refractivity (Wildman–Crippen MR) is 193 cm³/mol. The van der Waals surface area contributed by atoms with Crippen LogP contribution in [0.2, 0.25) is 0 Å². The van der Waals surface area contributed by atoms with Crippen LogP contribution in [0.5, 0.6) is 0 Å². The van der Waals surface area contributed by atoms with Crippen LogP contribution < -0.4 is 10.3 Å². The molecule has 44 heavy (non-hydrogen) atoms. The molecule has 1 aromatic heterocycles. The van der Waals surface area contributed by atoms with E-state index in [2.05, 4.69) is 128 Å². The van der Waals surface area contributed by atoms with Gasteiger partial charge in [-0.3, -0.25) is 5.32 Å². The smallest absolute Gasteiger partial charge is 0.269 e. The summed E-state index contributed by atoms with van der Waals surface area (Å²) in [6.07, 6.45) is 11.1. The van der Waals surface area contributed by atoms with Gasteiger partial charge < -0.3 is 0 Å². The van der Waals surface area contributed by atoms with Crippen molar-refractivity contribution in [1.82, 2.24) is 0 Å². The van der Waals surface area contributed by atoms with E-state index in [1.54, 1.807) is 0 Å². The van der Waals surface area contributed by atoms with Crippen LogP contribution in [0.15, 0.2) is 97.1 Å². The fourth-order valence-corrected chi connectivity index (χ4v) is 7.73. The van der Waals surface area contributed by atoms with Crippen LogP contribution in [0.1, 0.15) is 78.6 Å². The summed E-state index contributed by atoms with van der Waals surface area (Å²) in [4.78, 5) is 3.99. The lowest BCUT2D eigenvalue weighted by Crippen LogP contribution is -2.40. The van der Waals surface area contributed by atoms with E-state index >= 15 is 0 Å². The molecule has 2 N–H and O–H groups in total. The maximum atomic E-state index is 4.14. The van der Waals surface area contributed by atoms with Crippen LogP contribution in [0, 0.1) is 0 Å². The second-order valence-electron chi connectivity index (χ2n) is 13.0. The first-order valence-electron chi connectivity index (χ1n) is 17.0. The molecule has 2 nitrogen and oxygen atoms in total. The molecule has 0 aliphatic carbocycles. The standard InChI is InChI=1S/C42H44N2/c1-4-7-26-42(27-8-5-2,28-9-6-3)44-37-25-23-31-21-20-30-19-18-29-22-24-36-34-16-11-10-14-32(34)33-15-12-13-17-35(33)40(36)38(29)39(30)41(31)43-37/h10-25H,4-9,26-28H2,1-3H3,(H,43,44)/p+1.